The number of ether oxygens (including phenoxy) is 1. The Labute approximate surface area is 165 Å². The summed E-state index contributed by atoms with van der Waals surface area (Å²) >= 11 is 3.54. The van der Waals surface area contributed by atoms with E-state index in [1.54, 1.807) is 24.4 Å². The predicted octanol–water partition coefficient (Wildman–Crippen LogP) is 3.85. The molecule has 3 heterocycles. The number of halogens is 1. The molecular weight excluding hydrogens is 410 g/mol. The van der Waals surface area contributed by atoms with Gasteiger partial charge in [-0.1, -0.05) is 22.0 Å². The van der Waals surface area contributed by atoms with E-state index in [2.05, 4.69) is 45.0 Å². The number of anilines is 1. The van der Waals surface area contributed by atoms with Crippen molar-refractivity contribution in [1.29, 1.82) is 0 Å². The maximum absolute atomic E-state index is 13.0. The van der Waals surface area contributed by atoms with Crippen molar-refractivity contribution in [1.82, 2.24) is 19.7 Å². The third kappa shape index (κ3) is 2.99. The van der Waals surface area contributed by atoms with Gasteiger partial charge in [0.25, 0.3) is 5.91 Å². The zero-order valence-corrected chi connectivity index (χ0v) is 16.8. The van der Waals surface area contributed by atoms with E-state index < -0.39 is 0 Å². The van der Waals surface area contributed by atoms with Gasteiger partial charge >= 0.3 is 0 Å². The highest BCUT2D eigenvalue weighted by Gasteiger charge is 2.32. The van der Waals surface area contributed by atoms with E-state index in [0.717, 1.165) is 10.0 Å². The van der Waals surface area contributed by atoms with Gasteiger partial charge < -0.3 is 9.30 Å². The molecule has 0 spiro atoms. The molecule has 0 aliphatic carbocycles. The number of methoxy groups -OCH3 is 1. The normalized spacial score (nSPS) is 13.4. The highest BCUT2D eigenvalue weighted by molar-refractivity contribution is 9.10. The monoisotopic (exact) mass is 427 g/mol. The van der Waals surface area contributed by atoms with Crippen molar-refractivity contribution in [3.05, 3.63) is 52.3 Å². The Balaban J connectivity index is 1.72. The molecule has 2 aromatic heterocycles. The average Bonchev–Trinajstić information content (AvgIpc) is 3.28. The molecule has 0 atom stereocenters. The standard InChI is InChI=1S/C19H18BrN5O2/c1-11(2)25-10-21-23-18(25)16-5-4-6-17(22-16)24-9-14-13(19(24)26)7-12(27-3)8-15(14)20/h4-8,10-11H,9H2,1-3H3. The predicted molar refractivity (Wildman–Crippen MR) is 105 cm³/mol. The Morgan fingerprint density at radius 1 is 1.26 bits per heavy atom. The molecule has 0 radical (unpaired) electrons. The maximum atomic E-state index is 13.0. The molecule has 0 saturated heterocycles. The minimum Gasteiger partial charge on any atom is -0.497 e. The SMILES string of the molecule is COc1cc(Br)c2c(c1)C(=O)N(c1cccc(-c3nncn3C(C)C)n1)C2. The lowest BCUT2D eigenvalue weighted by Crippen LogP contribution is -2.24. The Morgan fingerprint density at radius 3 is 2.81 bits per heavy atom. The summed E-state index contributed by atoms with van der Waals surface area (Å²) in [4.78, 5) is 19.3. The first-order valence-electron chi connectivity index (χ1n) is 8.54. The van der Waals surface area contributed by atoms with Crippen LogP contribution in [-0.4, -0.2) is 32.8 Å². The first kappa shape index (κ1) is 17.7. The molecule has 0 bridgehead atoms. The summed E-state index contributed by atoms with van der Waals surface area (Å²) in [6, 6.07) is 9.42. The zero-order chi connectivity index (χ0) is 19.1. The van der Waals surface area contributed by atoms with Crippen LogP contribution >= 0.6 is 15.9 Å². The van der Waals surface area contributed by atoms with E-state index in [0.29, 0.717) is 35.2 Å². The van der Waals surface area contributed by atoms with Crippen LogP contribution in [0.15, 0.2) is 41.1 Å². The lowest BCUT2D eigenvalue weighted by atomic mass is 10.1. The van der Waals surface area contributed by atoms with Gasteiger partial charge in [0.05, 0.1) is 13.7 Å². The smallest absolute Gasteiger partial charge is 0.260 e. The van der Waals surface area contributed by atoms with E-state index in [1.807, 2.05) is 28.8 Å². The van der Waals surface area contributed by atoms with Crippen LogP contribution in [0.3, 0.4) is 0 Å². The number of hydrogen-bond acceptors (Lipinski definition) is 5. The van der Waals surface area contributed by atoms with Crippen LogP contribution < -0.4 is 9.64 Å². The van der Waals surface area contributed by atoms with Gasteiger partial charge in [-0.25, -0.2) is 4.98 Å². The molecule has 1 amide bonds. The highest BCUT2D eigenvalue weighted by Crippen LogP contribution is 2.35. The van der Waals surface area contributed by atoms with Crippen molar-refractivity contribution in [3.8, 4) is 17.3 Å². The molecular formula is C19H18BrN5O2. The van der Waals surface area contributed by atoms with Crippen LogP contribution in [0.25, 0.3) is 11.5 Å². The molecule has 4 rings (SSSR count). The first-order chi connectivity index (χ1) is 13.0. The van der Waals surface area contributed by atoms with Crippen molar-refractivity contribution in [2.24, 2.45) is 0 Å². The first-order valence-corrected chi connectivity index (χ1v) is 9.34. The second-order valence-corrected chi connectivity index (χ2v) is 7.42. The third-order valence-corrected chi connectivity index (χ3v) is 5.27. The van der Waals surface area contributed by atoms with E-state index >= 15 is 0 Å². The number of amides is 1. The number of aromatic nitrogens is 4. The number of fused-ring (bicyclic) bond motifs is 1. The van der Waals surface area contributed by atoms with Crippen LogP contribution in [0.2, 0.25) is 0 Å². The fourth-order valence-electron chi connectivity index (χ4n) is 3.14. The topological polar surface area (TPSA) is 73.1 Å². The third-order valence-electron chi connectivity index (χ3n) is 4.57. The van der Waals surface area contributed by atoms with Crippen molar-refractivity contribution < 1.29 is 9.53 Å². The van der Waals surface area contributed by atoms with Crippen LogP contribution in [0.5, 0.6) is 5.75 Å². The average molecular weight is 428 g/mol. The summed E-state index contributed by atoms with van der Waals surface area (Å²) in [6.07, 6.45) is 1.69. The fourth-order valence-corrected chi connectivity index (χ4v) is 3.71. The van der Waals surface area contributed by atoms with E-state index in [1.165, 1.54) is 0 Å². The van der Waals surface area contributed by atoms with Crippen LogP contribution in [0.1, 0.15) is 35.8 Å². The number of nitrogens with zero attached hydrogens (tertiary/aromatic N) is 5. The van der Waals surface area contributed by atoms with Crippen molar-refractivity contribution in [2.45, 2.75) is 26.4 Å². The van der Waals surface area contributed by atoms with Crippen LogP contribution in [0, 0.1) is 0 Å². The quantitative estimate of drug-likeness (QED) is 0.631. The molecule has 8 heteroatoms. The van der Waals surface area contributed by atoms with E-state index in [-0.39, 0.29) is 11.9 Å². The second kappa shape index (κ2) is 6.77. The number of benzene rings is 1. The zero-order valence-electron chi connectivity index (χ0n) is 15.2. The summed E-state index contributed by atoms with van der Waals surface area (Å²) < 4.78 is 8.08. The van der Waals surface area contributed by atoms with Crippen molar-refractivity contribution in [2.75, 3.05) is 12.0 Å². The minimum absolute atomic E-state index is 0.0976. The van der Waals surface area contributed by atoms with Crippen molar-refractivity contribution in [3.63, 3.8) is 0 Å². The molecule has 0 fully saturated rings. The summed E-state index contributed by atoms with van der Waals surface area (Å²) in [7, 11) is 1.58. The lowest BCUT2D eigenvalue weighted by molar-refractivity contribution is 0.0995. The summed E-state index contributed by atoms with van der Waals surface area (Å²) in [5.41, 5.74) is 2.23. The summed E-state index contributed by atoms with van der Waals surface area (Å²) in [5, 5.41) is 8.19. The van der Waals surface area contributed by atoms with Crippen LogP contribution in [-0.2, 0) is 6.54 Å². The number of rotatable bonds is 4. The molecule has 27 heavy (non-hydrogen) atoms. The highest BCUT2D eigenvalue weighted by atomic mass is 79.9. The van der Waals surface area contributed by atoms with Crippen molar-refractivity contribution >= 4 is 27.7 Å². The molecule has 138 valence electrons. The molecule has 0 N–H and O–H groups in total. The molecule has 1 aliphatic heterocycles. The van der Waals surface area contributed by atoms with Gasteiger partial charge in [-0.15, -0.1) is 10.2 Å². The van der Waals surface area contributed by atoms with Gasteiger partial charge in [-0.05, 0) is 43.7 Å². The molecule has 1 aliphatic rings. The number of pyridine rings is 1. The number of carbonyl (C=O) groups is 1. The largest absolute Gasteiger partial charge is 0.497 e. The molecule has 0 saturated carbocycles. The van der Waals surface area contributed by atoms with Crippen LogP contribution in [0.4, 0.5) is 5.82 Å². The summed E-state index contributed by atoms with van der Waals surface area (Å²) in [5.74, 6) is 1.80. The summed E-state index contributed by atoms with van der Waals surface area (Å²) in [6.45, 7) is 4.57. The molecule has 0 unspecified atom stereocenters. The van der Waals surface area contributed by atoms with Gasteiger partial charge in [0.1, 0.15) is 23.6 Å². The Morgan fingerprint density at radius 2 is 2.07 bits per heavy atom. The van der Waals surface area contributed by atoms with Gasteiger partial charge in [0, 0.05) is 16.1 Å². The second-order valence-electron chi connectivity index (χ2n) is 6.56. The van der Waals surface area contributed by atoms with Gasteiger partial charge in [-0.2, -0.15) is 0 Å². The fraction of sp³-hybridized carbons (Fsp3) is 0.263. The lowest BCUT2D eigenvalue weighted by Gasteiger charge is -2.16. The Kier molecular flexibility index (Phi) is 4.43. The Bertz CT molecular complexity index is 1030. The van der Waals surface area contributed by atoms with E-state index in [9.17, 15) is 4.79 Å². The Hall–Kier alpha value is -2.74. The van der Waals surface area contributed by atoms with Gasteiger partial charge in [0.15, 0.2) is 5.82 Å². The molecule has 7 nitrogen and oxygen atoms in total. The molecule has 3 aromatic rings. The molecule has 1 aromatic carbocycles. The maximum Gasteiger partial charge on any atom is 0.260 e. The number of carbonyl (C=O) groups excluding carboxylic acids is 1. The van der Waals surface area contributed by atoms with E-state index in [4.69, 9.17) is 4.74 Å². The van der Waals surface area contributed by atoms with Gasteiger partial charge in [0.2, 0.25) is 0 Å². The number of hydrogen-bond donors (Lipinski definition) is 0. The minimum atomic E-state index is -0.0976. The van der Waals surface area contributed by atoms with Gasteiger partial charge in [-0.3, -0.25) is 9.69 Å².